The number of rotatable bonds is 3. The molecule has 6 heteroatoms. The Hall–Kier alpha value is -1.66. The first-order valence-corrected chi connectivity index (χ1v) is 7.47. The smallest absolute Gasteiger partial charge is 0.293 e. The maximum atomic E-state index is 12.0. The van der Waals surface area contributed by atoms with Crippen molar-refractivity contribution < 1.29 is 14.3 Å². The second kappa shape index (κ2) is 5.38. The van der Waals surface area contributed by atoms with Crippen LogP contribution in [0, 0.1) is 5.92 Å². The van der Waals surface area contributed by atoms with Gasteiger partial charge in [0.1, 0.15) is 12.4 Å². The Labute approximate surface area is 120 Å². The van der Waals surface area contributed by atoms with Crippen LogP contribution in [0.5, 0.6) is 0 Å². The van der Waals surface area contributed by atoms with E-state index in [4.69, 9.17) is 9.52 Å². The summed E-state index contributed by atoms with van der Waals surface area (Å²) in [5.41, 5.74) is 1.11. The molecule has 1 unspecified atom stereocenters. The van der Waals surface area contributed by atoms with E-state index < -0.39 is 0 Å². The number of aromatic nitrogens is 1. The summed E-state index contributed by atoms with van der Waals surface area (Å²) in [4.78, 5) is 17.7. The summed E-state index contributed by atoms with van der Waals surface area (Å²) in [6, 6.07) is 3.14. The Morgan fingerprint density at radius 3 is 3.20 bits per heavy atom. The number of amides is 1. The molecule has 1 aliphatic rings. The third-order valence-electron chi connectivity index (χ3n) is 3.45. The normalized spacial score (nSPS) is 17.8. The number of thiazole rings is 1. The highest BCUT2D eigenvalue weighted by atomic mass is 32.1. The van der Waals surface area contributed by atoms with Crippen LogP contribution < -0.4 is 5.32 Å². The van der Waals surface area contributed by atoms with Gasteiger partial charge in [-0.05, 0) is 37.3 Å². The van der Waals surface area contributed by atoms with Crippen molar-refractivity contribution in [2.75, 3.05) is 5.32 Å². The fraction of sp³-hybridized carbons (Fsp3) is 0.429. The first-order valence-electron chi connectivity index (χ1n) is 6.65. The lowest BCUT2D eigenvalue weighted by atomic mass is 9.93. The zero-order valence-electron chi connectivity index (χ0n) is 11.2. The van der Waals surface area contributed by atoms with Gasteiger partial charge in [-0.1, -0.05) is 6.92 Å². The Morgan fingerprint density at radius 2 is 2.45 bits per heavy atom. The molecule has 0 fully saturated rings. The third kappa shape index (κ3) is 2.62. The van der Waals surface area contributed by atoms with E-state index in [0.29, 0.717) is 16.8 Å². The number of carbonyl (C=O) groups excluding carboxylic acids is 1. The van der Waals surface area contributed by atoms with Crippen LogP contribution in [-0.4, -0.2) is 16.0 Å². The molecule has 2 N–H and O–H groups in total. The van der Waals surface area contributed by atoms with E-state index in [1.165, 1.54) is 4.88 Å². The number of aliphatic hydroxyl groups is 1. The van der Waals surface area contributed by atoms with E-state index in [9.17, 15) is 4.79 Å². The molecule has 2 aromatic heterocycles. The lowest BCUT2D eigenvalue weighted by Crippen LogP contribution is -2.11. The molecular formula is C14H16N2O3S. The molecule has 5 nitrogen and oxygen atoms in total. The number of aliphatic hydroxyl groups excluding tert-OH is 1. The van der Waals surface area contributed by atoms with Crippen molar-refractivity contribution in [1.82, 2.24) is 4.98 Å². The number of nitrogens with one attached hydrogen (secondary N) is 1. The minimum Gasteiger partial charge on any atom is -0.453 e. The molecule has 0 aliphatic heterocycles. The van der Waals surface area contributed by atoms with Crippen LogP contribution in [0.3, 0.4) is 0 Å². The summed E-state index contributed by atoms with van der Waals surface area (Å²) in [6.07, 6.45) is 3.18. The Balaban J connectivity index is 1.73. The molecule has 1 amide bonds. The van der Waals surface area contributed by atoms with Crippen LogP contribution >= 0.6 is 11.3 Å². The molecular weight excluding hydrogens is 276 g/mol. The second-order valence-corrected chi connectivity index (χ2v) is 6.20. The van der Waals surface area contributed by atoms with Gasteiger partial charge in [-0.25, -0.2) is 4.98 Å². The number of fused-ring (bicyclic) bond motifs is 1. The van der Waals surface area contributed by atoms with Crippen LogP contribution in [0.4, 0.5) is 5.13 Å². The van der Waals surface area contributed by atoms with E-state index in [0.717, 1.165) is 25.0 Å². The van der Waals surface area contributed by atoms with Crippen LogP contribution in [0.1, 0.15) is 40.2 Å². The number of aryl methyl sites for hydroxylation is 1. The largest absolute Gasteiger partial charge is 0.453 e. The van der Waals surface area contributed by atoms with Gasteiger partial charge < -0.3 is 9.52 Å². The van der Waals surface area contributed by atoms with E-state index in [2.05, 4.69) is 17.2 Å². The number of hydrogen-bond acceptors (Lipinski definition) is 5. The average molecular weight is 292 g/mol. The molecule has 2 heterocycles. The van der Waals surface area contributed by atoms with Gasteiger partial charge in [-0.15, -0.1) is 11.3 Å². The highest BCUT2D eigenvalue weighted by Crippen LogP contribution is 2.32. The van der Waals surface area contributed by atoms with Crippen LogP contribution in [0.15, 0.2) is 16.5 Å². The molecule has 0 spiro atoms. The Bertz CT molecular complexity index is 632. The molecule has 3 rings (SSSR count). The van der Waals surface area contributed by atoms with Crippen molar-refractivity contribution in [2.24, 2.45) is 5.92 Å². The van der Waals surface area contributed by atoms with Crippen LogP contribution in [0.25, 0.3) is 0 Å². The van der Waals surface area contributed by atoms with Gasteiger partial charge in [0.2, 0.25) is 0 Å². The van der Waals surface area contributed by atoms with Gasteiger partial charge in [0.15, 0.2) is 10.9 Å². The highest BCUT2D eigenvalue weighted by molar-refractivity contribution is 7.15. The van der Waals surface area contributed by atoms with Gasteiger partial charge in [0.25, 0.3) is 5.91 Å². The number of furan rings is 1. The van der Waals surface area contributed by atoms with Crippen molar-refractivity contribution in [3.05, 3.63) is 34.2 Å². The standard InChI is InChI=1S/C14H16N2O3S/c1-8-2-4-10-12(6-8)20-14(15-10)16-13(18)11-5-3-9(7-17)19-11/h3,5,8,17H,2,4,6-7H2,1H3,(H,15,16,18). The summed E-state index contributed by atoms with van der Waals surface area (Å²) >= 11 is 1.54. The fourth-order valence-corrected chi connectivity index (χ4v) is 3.50. The summed E-state index contributed by atoms with van der Waals surface area (Å²) in [7, 11) is 0. The Kier molecular flexibility index (Phi) is 3.58. The summed E-state index contributed by atoms with van der Waals surface area (Å²) < 4.78 is 5.20. The van der Waals surface area contributed by atoms with Gasteiger partial charge in [-0.2, -0.15) is 0 Å². The first kappa shape index (κ1) is 13.3. The molecule has 20 heavy (non-hydrogen) atoms. The molecule has 1 atom stereocenters. The molecule has 2 aromatic rings. The van der Waals surface area contributed by atoms with E-state index in [1.807, 2.05) is 0 Å². The van der Waals surface area contributed by atoms with Crippen LogP contribution in [-0.2, 0) is 19.4 Å². The predicted octanol–water partition coefficient (Wildman–Crippen LogP) is 2.61. The fourth-order valence-electron chi connectivity index (χ4n) is 2.34. The van der Waals surface area contributed by atoms with Gasteiger partial charge in [0, 0.05) is 4.88 Å². The van der Waals surface area contributed by atoms with Crippen molar-refractivity contribution in [1.29, 1.82) is 0 Å². The maximum Gasteiger partial charge on any atom is 0.293 e. The molecule has 106 valence electrons. The lowest BCUT2D eigenvalue weighted by Gasteiger charge is -2.15. The van der Waals surface area contributed by atoms with Gasteiger partial charge in [-0.3, -0.25) is 10.1 Å². The quantitative estimate of drug-likeness (QED) is 0.911. The number of hydrogen-bond donors (Lipinski definition) is 2. The van der Waals surface area contributed by atoms with Crippen molar-refractivity contribution in [3.8, 4) is 0 Å². The van der Waals surface area contributed by atoms with Crippen molar-refractivity contribution in [3.63, 3.8) is 0 Å². The monoisotopic (exact) mass is 292 g/mol. The van der Waals surface area contributed by atoms with Crippen LogP contribution in [0.2, 0.25) is 0 Å². The minimum absolute atomic E-state index is 0.190. The molecule has 0 saturated carbocycles. The molecule has 0 radical (unpaired) electrons. The molecule has 1 aliphatic carbocycles. The molecule has 0 aromatic carbocycles. The average Bonchev–Trinajstić information content (AvgIpc) is 3.03. The second-order valence-electron chi connectivity index (χ2n) is 5.12. The topological polar surface area (TPSA) is 75.4 Å². The molecule has 0 saturated heterocycles. The van der Waals surface area contributed by atoms with E-state index in [-0.39, 0.29) is 18.3 Å². The maximum absolute atomic E-state index is 12.0. The van der Waals surface area contributed by atoms with Gasteiger partial charge in [0.05, 0.1) is 5.69 Å². The summed E-state index contributed by atoms with van der Waals surface area (Å²) in [5, 5.41) is 12.3. The summed E-state index contributed by atoms with van der Waals surface area (Å²) in [5.74, 6) is 0.922. The lowest BCUT2D eigenvalue weighted by molar-refractivity contribution is 0.0992. The van der Waals surface area contributed by atoms with Gasteiger partial charge >= 0.3 is 0 Å². The Morgan fingerprint density at radius 1 is 1.60 bits per heavy atom. The van der Waals surface area contributed by atoms with E-state index in [1.54, 1.807) is 23.5 Å². The highest BCUT2D eigenvalue weighted by Gasteiger charge is 2.21. The number of carbonyl (C=O) groups is 1. The zero-order valence-corrected chi connectivity index (χ0v) is 12.0. The predicted molar refractivity (Wildman–Crippen MR) is 75.9 cm³/mol. The van der Waals surface area contributed by atoms with E-state index >= 15 is 0 Å². The summed E-state index contributed by atoms with van der Waals surface area (Å²) in [6.45, 7) is 2.02. The number of anilines is 1. The number of nitrogens with zero attached hydrogens (tertiary/aromatic N) is 1. The van der Waals surface area contributed by atoms with Crippen molar-refractivity contribution in [2.45, 2.75) is 32.8 Å². The SMILES string of the molecule is CC1CCc2nc(NC(=O)c3ccc(CO)o3)sc2C1. The third-order valence-corrected chi connectivity index (χ3v) is 4.48. The first-order chi connectivity index (χ1) is 9.65. The zero-order chi connectivity index (χ0) is 14.1. The van der Waals surface area contributed by atoms with Crippen molar-refractivity contribution >= 4 is 22.4 Å². The minimum atomic E-state index is -0.330. The molecule has 0 bridgehead atoms.